The lowest BCUT2D eigenvalue weighted by atomic mass is 9.82. The smallest absolute Gasteiger partial charge is 0.409 e. The highest BCUT2D eigenvalue weighted by Crippen LogP contribution is 2.34. The number of rotatable bonds is 8. The van der Waals surface area contributed by atoms with Crippen LogP contribution in [0.15, 0.2) is 30.3 Å². The number of carbonyl (C=O) groups is 1. The number of nitrogens with zero attached hydrogens (tertiary/aromatic N) is 1. The van der Waals surface area contributed by atoms with E-state index in [1.54, 1.807) is 11.0 Å². The Hall–Kier alpha value is -1.69. The molecule has 4 nitrogen and oxygen atoms in total. The predicted molar refractivity (Wildman–Crippen MR) is 134 cm³/mol. The number of benzene rings is 2. The van der Waals surface area contributed by atoms with E-state index in [-0.39, 0.29) is 28.9 Å². The van der Waals surface area contributed by atoms with Crippen molar-refractivity contribution in [2.24, 2.45) is 17.8 Å². The number of hydrogen-bond donors (Lipinski definition) is 1. The van der Waals surface area contributed by atoms with Crippen molar-refractivity contribution in [2.45, 2.75) is 39.5 Å². The van der Waals surface area contributed by atoms with Gasteiger partial charge in [0.2, 0.25) is 0 Å². The summed E-state index contributed by atoms with van der Waals surface area (Å²) in [4.78, 5) is 14.2. The van der Waals surface area contributed by atoms with Gasteiger partial charge in [-0.15, -0.1) is 0 Å². The number of halogens is 4. The Kier molecular flexibility index (Phi) is 9.14. The van der Waals surface area contributed by atoms with Crippen molar-refractivity contribution in [3.63, 3.8) is 0 Å². The second-order valence-corrected chi connectivity index (χ2v) is 10.4. The molecule has 0 bridgehead atoms. The van der Waals surface area contributed by atoms with Gasteiger partial charge in [0.05, 0.1) is 22.3 Å². The van der Waals surface area contributed by atoms with Gasteiger partial charge in [0.25, 0.3) is 0 Å². The highest BCUT2D eigenvalue weighted by molar-refractivity contribution is 6.35. The highest BCUT2D eigenvalue weighted by Gasteiger charge is 2.33. The molecule has 180 valence electrons. The first-order chi connectivity index (χ1) is 15.6. The lowest BCUT2D eigenvalue weighted by Gasteiger charge is -2.25. The Balaban J connectivity index is 1.74. The predicted octanol–water partition coefficient (Wildman–Crippen LogP) is 7.27. The number of likely N-dealkylation sites (tertiary alicyclic amines) is 1. The van der Waals surface area contributed by atoms with Crippen molar-refractivity contribution in [1.29, 1.82) is 0 Å². The van der Waals surface area contributed by atoms with E-state index in [0.29, 0.717) is 41.8 Å². The van der Waals surface area contributed by atoms with E-state index in [2.05, 4.69) is 0 Å². The van der Waals surface area contributed by atoms with Crippen LogP contribution >= 0.6 is 34.8 Å². The van der Waals surface area contributed by atoms with Crippen LogP contribution in [0.25, 0.3) is 0 Å². The number of amides is 1. The van der Waals surface area contributed by atoms with E-state index in [0.717, 1.165) is 30.4 Å². The molecule has 1 saturated heterocycles. The second kappa shape index (κ2) is 11.6. The molecule has 1 aliphatic heterocycles. The standard InChI is InChI=1S/C25H30Cl3FN2O2/c1-15(2)14-33-25(32)31-8-7-18(13-31)17(5-3-16-4-6-24(30)22(28)9-16)10-19-11-23(29)21(27)12-20(19)26/h4,6,9,11-12,15,17-18H,3,5,7-8,10,13-14,30H2,1-2H3. The van der Waals surface area contributed by atoms with Gasteiger partial charge < -0.3 is 15.4 Å². The van der Waals surface area contributed by atoms with Crippen LogP contribution in [-0.4, -0.2) is 30.7 Å². The van der Waals surface area contributed by atoms with Crippen LogP contribution in [0.5, 0.6) is 0 Å². The zero-order chi connectivity index (χ0) is 24.1. The van der Waals surface area contributed by atoms with Gasteiger partial charge in [0.15, 0.2) is 0 Å². The average molecular weight is 516 g/mol. The monoisotopic (exact) mass is 514 g/mol. The molecule has 0 aliphatic carbocycles. The largest absolute Gasteiger partial charge is 0.449 e. The maximum absolute atomic E-state index is 14.2. The molecule has 2 aromatic rings. The minimum Gasteiger partial charge on any atom is -0.449 e. The van der Waals surface area contributed by atoms with Gasteiger partial charge in [-0.3, -0.25) is 0 Å². The van der Waals surface area contributed by atoms with Crippen LogP contribution in [0, 0.1) is 23.6 Å². The Labute approximate surface area is 210 Å². The molecule has 3 rings (SSSR count). The number of aryl methyl sites for hydroxylation is 1. The third kappa shape index (κ3) is 7.14. The van der Waals surface area contributed by atoms with E-state index in [1.165, 1.54) is 12.1 Å². The van der Waals surface area contributed by atoms with E-state index in [9.17, 15) is 9.18 Å². The molecule has 2 N–H and O–H groups in total. The van der Waals surface area contributed by atoms with E-state index < -0.39 is 5.82 Å². The summed E-state index contributed by atoms with van der Waals surface area (Å²) in [5.74, 6) is 0.234. The van der Waals surface area contributed by atoms with Gasteiger partial charge in [0.1, 0.15) is 5.82 Å². The Morgan fingerprint density at radius 1 is 1.18 bits per heavy atom. The number of ether oxygens (including phenoxy) is 1. The molecule has 2 aromatic carbocycles. The SMILES string of the molecule is CC(C)COC(=O)N1CCC(C(CCc2ccc(N)c(Cl)c2)Cc2cc(F)c(Cl)cc2Cl)C1. The maximum atomic E-state index is 14.2. The summed E-state index contributed by atoms with van der Waals surface area (Å²) in [5, 5.41) is 0.997. The van der Waals surface area contributed by atoms with Crippen molar-refractivity contribution in [3.8, 4) is 0 Å². The third-order valence-electron chi connectivity index (χ3n) is 6.13. The molecule has 8 heteroatoms. The Bertz CT molecular complexity index is 986. The number of nitrogen functional groups attached to an aromatic ring is 1. The van der Waals surface area contributed by atoms with Crippen molar-refractivity contribution in [1.82, 2.24) is 4.90 Å². The summed E-state index contributed by atoms with van der Waals surface area (Å²) in [6, 6.07) is 8.53. The molecule has 1 heterocycles. The van der Waals surface area contributed by atoms with Gasteiger partial charge in [-0.2, -0.15) is 0 Å². The molecule has 1 amide bonds. The maximum Gasteiger partial charge on any atom is 0.409 e. The van der Waals surface area contributed by atoms with Gasteiger partial charge in [-0.25, -0.2) is 9.18 Å². The molecule has 2 unspecified atom stereocenters. The fourth-order valence-electron chi connectivity index (χ4n) is 4.25. The molecule has 1 fully saturated rings. The van der Waals surface area contributed by atoms with Gasteiger partial charge in [-0.1, -0.05) is 54.7 Å². The number of nitrogens with two attached hydrogens (primary N) is 1. The molecule has 0 radical (unpaired) electrons. The van der Waals surface area contributed by atoms with E-state index >= 15 is 0 Å². The summed E-state index contributed by atoms with van der Waals surface area (Å²) in [6.07, 6.45) is 2.80. The Morgan fingerprint density at radius 3 is 2.64 bits per heavy atom. The first kappa shape index (κ1) is 25.9. The van der Waals surface area contributed by atoms with Crippen molar-refractivity contribution < 1.29 is 13.9 Å². The molecule has 1 aliphatic rings. The topological polar surface area (TPSA) is 55.6 Å². The molecule has 0 aromatic heterocycles. The molecule has 33 heavy (non-hydrogen) atoms. The number of carbonyl (C=O) groups excluding carboxylic acids is 1. The summed E-state index contributed by atoms with van der Waals surface area (Å²) in [6.45, 7) is 5.68. The van der Waals surface area contributed by atoms with Gasteiger partial charge in [-0.05, 0) is 78.8 Å². The average Bonchev–Trinajstić information content (AvgIpc) is 3.25. The first-order valence-electron chi connectivity index (χ1n) is 11.2. The van der Waals surface area contributed by atoms with Crippen LogP contribution < -0.4 is 5.73 Å². The van der Waals surface area contributed by atoms with Crippen LogP contribution in [0.3, 0.4) is 0 Å². The fourth-order valence-corrected chi connectivity index (χ4v) is 4.92. The normalized spacial score (nSPS) is 16.9. The summed E-state index contributed by atoms with van der Waals surface area (Å²) < 4.78 is 19.6. The van der Waals surface area contributed by atoms with Crippen LogP contribution in [0.2, 0.25) is 15.1 Å². The fraction of sp³-hybridized carbons (Fsp3) is 0.480. The van der Waals surface area contributed by atoms with Gasteiger partial charge in [0, 0.05) is 18.1 Å². The first-order valence-corrected chi connectivity index (χ1v) is 12.4. The molecular weight excluding hydrogens is 486 g/mol. The van der Waals surface area contributed by atoms with Gasteiger partial charge >= 0.3 is 6.09 Å². The van der Waals surface area contributed by atoms with Crippen LogP contribution in [0.1, 0.15) is 37.8 Å². The van der Waals surface area contributed by atoms with E-state index in [4.69, 9.17) is 45.3 Å². The summed E-state index contributed by atoms with van der Waals surface area (Å²) >= 11 is 18.5. The minimum absolute atomic E-state index is 0.0109. The number of anilines is 1. The lowest BCUT2D eigenvalue weighted by Crippen LogP contribution is -2.31. The molecule has 0 spiro atoms. The molecule has 0 saturated carbocycles. The zero-order valence-electron chi connectivity index (χ0n) is 18.9. The highest BCUT2D eigenvalue weighted by atomic mass is 35.5. The summed E-state index contributed by atoms with van der Waals surface area (Å²) in [5.41, 5.74) is 8.19. The van der Waals surface area contributed by atoms with Crippen molar-refractivity contribution in [3.05, 3.63) is 62.3 Å². The third-order valence-corrected chi connectivity index (χ3v) is 7.10. The number of hydrogen-bond acceptors (Lipinski definition) is 3. The molecule has 2 atom stereocenters. The summed E-state index contributed by atoms with van der Waals surface area (Å²) in [7, 11) is 0. The Morgan fingerprint density at radius 2 is 1.94 bits per heavy atom. The van der Waals surface area contributed by atoms with Crippen LogP contribution in [0.4, 0.5) is 14.9 Å². The van der Waals surface area contributed by atoms with Crippen molar-refractivity contribution >= 4 is 46.6 Å². The quantitative estimate of drug-likeness (QED) is 0.297. The van der Waals surface area contributed by atoms with Crippen molar-refractivity contribution in [2.75, 3.05) is 25.4 Å². The minimum atomic E-state index is -0.481. The lowest BCUT2D eigenvalue weighted by molar-refractivity contribution is 0.0972. The molecular formula is C25H30Cl3FN2O2. The zero-order valence-corrected chi connectivity index (χ0v) is 21.2. The second-order valence-electron chi connectivity index (χ2n) is 9.18. The van der Waals surface area contributed by atoms with Crippen LogP contribution in [-0.2, 0) is 17.6 Å². The van der Waals surface area contributed by atoms with E-state index in [1.807, 2.05) is 26.0 Å².